The molecule has 2 aromatic rings. The molecule has 2 rings (SSSR count). The van der Waals surface area contributed by atoms with Crippen molar-refractivity contribution in [1.82, 2.24) is 4.57 Å². The zero-order valence-electron chi connectivity index (χ0n) is 10.0. The summed E-state index contributed by atoms with van der Waals surface area (Å²) in [5, 5.41) is 1.20. The number of hydrogen-bond donors (Lipinski definition) is 1. The highest BCUT2D eigenvalue weighted by Gasteiger charge is 2.09. The molecule has 0 aliphatic rings. The van der Waals surface area contributed by atoms with E-state index < -0.39 is 0 Å². The van der Waals surface area contributed by atoms with Crippen molar-refractivity contribution >= 4 is 10.9 Å². The average molecular weight is 218 g/mol. The van der Waals surface area contributed by atoms with Gasteiger partial charge in [-0.05, 0) is 37.1 Å². The number of aromatic nitrogens is 1. The summed E-state index contributed by atoms with van der Waals surface area (Å²) >= 11 is 0. The lowest BCUT2D eigenvalue weighted by Crippen LogP contribution is -2.18. The maximum Gasteiger partial charge on any atom is 0.122 e. The van der Waals surface area contributed by atoms with E-state index >= 15 is 0 Å². The molecule has 86 valence electrons. The van der Waals surface area contributed by atoms with Crippen molar-refractivity contribution in [2.24, 2.45) is 12.8 Å². The van der Waals surface area contributed by atoms with Crippen LogP contribution in [0.3, 0.4) is 0 Å². The van der Waals surface area contributed by atoms with Gasteiger partial charge in [0, 0.05) is 30.2 Å². The van der Waals surface area contributed by atoms with E-state index in [4.69, 9.17) is 10.5 Å². The Balaban J connectivity index is 2.56. The predicted octanol–water partition coefficient (Wildman–Crippen LogP) is 2.08. The van der Waals surface area contributed by atoms with E-state index in [1.807, 2.05) is 14.0 Å². The minimum absolute atomic E-state index is 0.145. The lowest BCUT2D eigenvalue weighted by atomic mass is 10.0. The number of nitrogens with zero attached hydrogens (tertiary/aromatic N) is 1. The monoisotopic (exact) mass is 218 g/mol. The number of methoxy groups -OCH3 is 1. The highest BCUT2D eigenvalue weighted by Crippen LogP contribution is 2.27. The SMILES string of the molecule is COc1cc2ccn(C)c2cc1CC(C)N. The standard InChI is InChI=1S/C13H18N2O/c1-9(14)6-11-7-12-10(4-5-15(12)2)8-13(11)16-3/h4-5,7-9H,6,14H2,1-3H3. The molecule has 1 aromatic heterocycles. The Morgan fingerprint density at radius 1 is 1.44 bits per heavy atom. The lowest BCUT2D eigenvalue weighted by Gasteiger charge is -2.11. The van der Waals surface area contributed by atoms with Crippen LogP contribution in [0.5, 0.6) is 5.75 Å². The van der Waals surface area contributed by atoms with Crippen LogP contribution in [0.25, 0.3) is 10.9 Å². The van der Waals surface area contributed by atoms with Crippen molar-refractivity contribution in [3.63, 3.8) is 0 Å². The molecule has 0 amide bonds. The number of benzene rings is 1. The van der Waals surface area contributed by atoms with E-state index in [9.17, 15) is 0 Å². The summed E-state index contributed by atoms with van der Waals surface area (Å²) < 4.78 is 7.51. The van der Waals surface area contributed by atoms with Crippen LogP contribution < -0.4 is 10.5 Å². The summed E-state index contributed by atoms with van der Waals surface area (Å²) in [4.78, 5) is 0. The van der Waals surface area contributed by atoms with Gasteiger partial charge in [0.25, 0.3) is 0 Å². The van der Waals surface area contributed by atoms with Gasteiger partial charge in [-0.15, -0.1) is 0 Å². The molecule has 16 heavy (non-hydrogen) atoms. The molecule has 1 aromatic carbocycles. The van der Waals surface area contributed by atoms with Crippen molar-refractivity contribution in [1.29, 1.82) is 0 Å². The van der Waals surface area contributed by atoms with Gasteiger partial charge in [0.05, 0.1) is 7.11 Å². The van der Waals surface area contributed by atoms with E-state index in [0.717, 1.165) is 12.2 Å². The Morgan fingerprint density at radius 2 is 2.19 bits per heavy atom. The minimum atomic E-state index is 0.145. The first-order valence-electron chi connectivity index (χ1n) is 5.49. The van der Waals surface area contributed by atoms with Crippen LogP contribution in [0.2, 0.25) is 0 Å². The summed E-state index contributed by atoms with van der Waals surface area (Å²) in [7, 11) is 3.75. The second-order valence-electron chi connectivity index (χ2n) is 4.33. The molecule has 1 heterocycles. The number of hydrogen-bond acceptors (Lipinski definition) is 2. The largest absolute Gasteiger partial charge is 0.496 e. The van der Waals surface area contributed by atoms with Crippen molar-refractivity contribution in [2.45, 2.75) is 19.4 Å². The molecule has 3 heteroatoms. The molecule has 0 bridgehead atoms. The van der Waals surface area contributed by atoms with E-state index in [2.05, 4.69) is 29.0 Å². The van der Waals surface area contributed by atoms with Crippen LogP contribution in [0.1, 0.15) is 12.5 Å². The van der Waals surface area contributed by atoms with Gasteiger partial charge in [-0.2, -0.15) is 0 Å². The van der Waals surface area contributed by atoms with Crippen LogP contribution in [0.15, 0.2) is 24.4 Å². The molecule has 0 aliphatic carbocycles. The number of rotatable bonds is 3. The van der Waals surface area contributed by atoms with E-state index in [1.165, 1.54) is 16.5 Å². The molecule has 0 spiro atoms. The van der Waals surface area contributed by atoms with Crippen LogP contribution >= 0.6 is 0 Å². The number of nitrogens with two attached hydrogens (primary N) is 1. The Hall–Kier alpha value is -1.48. The van der Waals surface area contributed by atoms with Crippen LogP contribution in [-0.4, -0.2) is 17.7 Å². The zero-order valence-corrected chi connectivity index (χ0v) is 10.0. The summed E-state index contributed by atoms with van der Waals surface area (Å²) in [6.07, 6.45) is 2.89. The summed E-state index contributed by atoms with van der Waals surface area (Å²) in [5.41, 5.74) is 8.23. The Kier molecular flexibility index (Phi) is 2.88. The molecular weight excluding hydrogens is 200 g/mol. The van der Waals surface area contributed by atoms with Gasteiger partial charge in [0.15, 0.2) is 0 Å². The number of aryl methyl sites for hydroxylation is 1. The first kappa shape index (κ1) is 11.0. The normalized spacial score (nSPS) is 13.0. The third-order valence-electron chi connectivity index (χ3n) is 2.83. The molecule has 0 saturated heterocycles. The molecule has 3 nitrogen and oxygen atoms in total. The fourth-order valence-corrected chi connectivity index (χ4v) is 2.04. The van der Waals surface area contributed by atoms with E-state index in [0.29, 0.717) is 0 Å². The van der Waals surface area contributed by atoms with E-state index in [1.54, 1.807) is 7.11 Å². The highest BCUT2D eigenvalue weighted by molar-refractivity contribution is 5.82. The van der Waals surface area contributed by atoms with Crippen molar-refractivity contribution in [3.8, 4) is 5.75 Å². The van der Waals surface area contributed by atoms with Gasteiger partial charge in [-0.25, -0.2) is 0 Å². The Bertz CT molecular complexity index is 500. The molecule has 1 unspecified atom stereocenters. The number of ether oxygens (including phenoxy) is 1. The maximum atomic E-state index is 5.84. The van der Waals surface area contributed by atoms with Crippen molar-refractivity contribution in [2.75, 3.05) is 7.11 Å². The smallest absolute Gasteiger partial charge is 0.122 e. The van der Waals surface area contributed by atoms with Gasteiger partial charge >= 0.3 is 0 Å². The molecule has 2 N–H and O–H groups in total. The summed E-state index contributed by atoms with van der Waals surface area (Å²) in [5.74, 6) is 0.927. The van der Waals surface area contributed by atoms with Crippen LogP contribution in [0, 0.1) is 0 Å². The quantitative estimate of drug-likeness (QED) is 0.856. The van der Waals surface area contributed by atoms with Crippen LogP contribution in [0.4, 0.5) is 0 Å². The van der Waals surface area contributed by atoms with Gasteiger partial charge in [0.1, 0.15) is 5.75 Å². The topological polar surface area (TPSA) is 40.2 Å². The first-order chi connectivity index (χ1) is 7.61. The molecule has 0 aliphatic heterocycles. The third-order valence-corrected chi connectivity index (χ3v) is 2.83. The second-order valence-corrected chi connectivity index (χ2v) is 4.33. The number of fused-ring (bicyclic) bond motifs is 1. The molecule has 0 fully saturated rings. The van der Waals surface area contributed by atoms with Gasteiger partial charge in [-0.3, -0.25) is 0 Å². The van der Waals surface area contributed by atoms with E-state index in [-0.39, 0.29) is 6.04 Å². The highest BCUT2D eigenvalue weighted by atomic mass is 16.5. The predicted molar refractivity (Wildman–Crippen MR) is 66.8 cm³/mol. The molecule has 1 atom stereocenters. The fourth-order valence-electron chi connectivity index (χ4n) is 2.04. The summed E-state index contributed by atoms with van der Waals surface area (Å²) in [6, 6.07) is 6.48. The van der Waals surface area contributed by atoms with Gasteiger partial charge < -0.3 is 15.0 Å². The van der Waals surface area contributed by atoms with Crippen molar-refractivity contribution in [3.05, 3.63) is 30.0 Å². The average Bonchev–Trinajstić information content (AvgIpc) is 2.58. The first-order valence-corrected chi connectivity index (χ1v) is 5.49. The molecular formula is C13H18N2O. The Morgan fingerprint density at radius 3 is 2.81 bits per heavy atom. The van der Waals surface area contributed by atoms with Crippen LogP contribution in [-0.2, 0) is 13.5 Å². The molecule has 0 saturated carbocycles. The molecule has 0 radical (unpaired) electrons. The second kappa shape index (κ2) is 4.18. The van der Waals surface area contributed by atoms with Gasteiger partial charge in [-0.1, -0.05) is 0 Å². The lowest BCUT2D eigenvalue weighted by molar-refractivity contribution is 0.409. The van der Waals surface area contributed by atoms with Crippen molar-refractivity contribution < 1.29 is 4.74 Å². The zero-order chi connectivity index (χ0) is 11.7. The maximum absolute atomic E-state index is 5.84. The van der Waals surface area contributed by atoms with Gasteiger partial charge in [0.2, 0.25) is 0 Å². The fraction of sp³-hybridized carbons (Fsp3) is 0.385. The third kappa shape index (κ3) is 1.91. The summed E-state index contributed by atoms with van der Waals surface area (Å²) in [6.45, 7) is 2.01. The Labute approximate surface area is 95.8 Å². The minimum Gasteiger partial charge on any atom is -0.496 e.